The van der Waals surface area contributed by atoms with Crippen molar-refractivity contribution in [2.45, 2.75) is 18.8 Å². The summed E-state index contributed by atoms with van der Waals surface area (Å²) in [5.41, 5.74) is 2.66. The van der Waals surface area contributed by atoms with Gasteiger partial charge in [-0.05, 0) is 41.8 Å². The fraction of sp³-hybridized carbons (Fsp3) is 0.304. The predicted octanol–water partition coefficient (Wildman–Crippen LogP) is 4.66. The van der Waals surface area contributed by atoms with Crippen LogP contribution in [0.5, 0.6) is 5.75 Å². The number of hydrogen-bond donors (Lipinski definition) is 0. The normalized spacial score (nSPS) is 16.1. The number of alkyl halides is 3. The molecule has 4 rings (SSSR count). The highest BCUT2D eigenvalue weighted by molar-refractivity contribution is 5.70. The Morgan fingerprint density at radius 2 is 1.77 bits per heavy atom. The number of morpholine rings is 1. The van der Waals surface area contributed by atoms with Gasteiger partial charge < -0.3 is 9.47 Å². The van der Waals surface area contributed by atoms with Gasteiger partial charge in [-0.2, -0.15) is 0 Å². The summed E-state index contributed by atoms with van der Waals surface area (Å²) in [6.45, 7) is 2.81. The van der Waals surface area contributed by atoms with Crippen molar-refractivity contribution in [3.05, 3.63) is 78.2 Å². The second-order valence-corrected chi connectivity index (χ2v) is 7.21. The molecule has 5 nitrogen and oxygen atoms in total. The maximum atomic E-state index is 12.9. The number of rotatable bonds is 6. The SMILES string of the molecule is FC(F)(F)Oc1ccccc1-c1ncccc1CC(c1cccnc1)N1CCOCC1. The zero-order valence-electron chi connectivity index (χ0n) is 16.8. The lowest BCUT2D eigenvalue weighted by atomic mass is 9.94. The standard InChI is InChI=1S/C23H22F3N3O2/c24-23(25,26)31-21-8-2-1-7-19(21)22-17(5-4-10-28-22)15-20(18-6-3-9-27-16-18)29-11-13-30-14-12-29/h1-10,16,20H,11-15H2. The zero-order valence-corrected chi connectivity index (χ0v) is 16.8. The molecule has 1 atom stereocenters. The van der Waals surface area contributed by atoms with Crippen LogP contribution in [0.4, 0.5) is 13.2 Å². The van der Waals surface area contributed by atoms with Gasteiger partial charge in [0.25, 0.3) is 0 Å². The molecule has 1 saturated heterocycles. The topological polar surface area (TPSA) is 47.5 Å². The van der Waals surface area contributed by atoms with Gasteiger partial charge in [-0.25, -0.2) is 0 Å². The van der Waals surface area contributed by atoms with Gasteiger partial charge in [-0.15, -0.1) is 13.2 Å². The molecule has 31 heavy (non-hydrogen) atoms. The molecule has 0 saturated carbocycles. The lowest BCUT2D eigenvalue weighted by Gasteiger charge is -2.35. The fourth-order valence-electron chi connectivity index (χ4n) is 3.85. The minimum absolute atomic E-state index is 0.00348. The molecule has 0 N–H and O–H groups in total. The van der Waals surface area contributed by atoms with Crippen molar-refractivity contribution in [1.82, 2.24) is 14.9 Å². The van der Waals surface area contributed by atoms with E-state index in [1.807, 2.05) is 24.4 Å². The summed E-state index contributed by atoms with van der Waals surface area (Å²) >= 11 is 0. The van der Waals surface area contributed by atoms with E-state index in [4.69, 9.17) is 4.74 Å². The highest BCUT2D eigenvalue weighted by Gasteiger charge is 2.33. The molecule has 1 aliphatic rings. The maximum absolute atomic E-state index is 12.9. The molecule has 1 aliphatic heterocycles. The predicted molar refractivity (Wildman–Crippen MR) is 109 cm³/mol. The first kappa shape index (κ1) is 21.3. The van der Waals surface area contributed by atoms with Gasteiger partial charge in [-0.1, -0.05) is 24.3 Å². The zero-order chi connectivity index (χ0) is 21.7. The average Bonchev–Trinajstić information content (AvgIpc) is 2.78. The largest absolute Gasteiger partial charge is 0.573 e. The van der Waals surface area contributed by atoms with Gasteiger partial charge in [0.2, 0.25) is 0 Å². The molecule has 1 unspecified atom stereocenters. The number of nitrogens with zero attached hydrogens (tertiary/aromatic N) is 3. The number of ether oxygens (including phenoxy) is 2. The quantitative estimate of drug-likeness (QED) is 0.571. The van der Waals surface area contributed by atoms with Crippen LogP contribution in [0.1, 0.15) is 17.2 Å². The highest BCUT2D eigenvalue weighted by atomic mass is 19.4. The molecule has 0 amide bonds. The smallest absolute Gasteiger partial charge is 0.405 e. The second kappa shape index (κ2) is 9.45. The summed E-state index contributed by atoms with van der Waals surface area (Å²) in [5.74, 6) is -0.265. The van der Waals surface area contributed by atoms with E-state index in [-0.39, 0.29) is 11.8 Å². The average molecular weight is 429 g/mol. The molecular weight excluding hydrogens is 407 g/mol. The van der Waals surface area contributed by atoms with E-state index in [1.54, 1.807) is 30.6 Å². The van der Waals surface area contributed by atoms with E-state index in [9.17, 15) is 13.2 Å². The van der Waals surface area contributed by atoms with Crippen LogP contribution >= 0.6 is 0 Å². The van der Waals surface area contributed by atoms with Gasteiger partial charge in [0, 0.05) is 43.3 Å². The Morgan fingerprint density at radius 3 is 2.52 bits per heavy atom. The molecular formula is C23H22F3N3O2. The van der Waals surface area contributed by atoms with Crippen molar-refractivity contribution in [2.24, 2.45) is 0 Å². The van der Waals surface area contributed by atoms with E-state index < -0.39 is 6.36 Å². The van der Waals surface area contributed by atoms with Gasteiger partial charge in [-0.3, -0.25) is 14.9 Å². The molecule has 1 fully saturated rings. The van der Waals surface area contributed by atoms with Crippen LogP contribution in [0.3, 0.4) is 0 Å². The Labute approximate surface area is 178 Å². The van der Waals surface area contributed by atoms with Crippen molar-refractivity contribution in [3.8, 4) is 17.0 Å². The Bertz CT molecular complexity index is 993. The van der Waals surface area contributed by atoms with Gasteiger partial charge in [0.1, 0.15) is 5.75 Å². The number of para-hydroxylation sites is 1. The van der Waals surface area contributed by atoms with E-state index in [1.165, 1.54) is 12.1 Å². The molecule has 0 bridgehead atoms. The van der Waals surface area contributed by atoms with Crippen LogP contribution in [-0.4, -0.2) is 47.5 Å². The maximum Gasteiger partial charge on any atom is 0.573 e. The summed E-state index contributed by atoms with van der Waals surface area (Å²) in [5, 5.41) is 0. The monoisotopic (exact) mass is 429 g/mol. The summed E-state index contributed by atoms with van der Waals surface area (Å²) in [6, 6.07) is 13.7. The van der Waals surface area contributed by atoms with Crippen LogP contribution < -0.4 is 4.74 Å². The van der Waals surface area contributed by atoms with E-state index in [0.717, 1.165) is 24.2 Å². The lowest BCUT2D eigenvalue weighted by Crippen LogP contribution is -2.40. The van der Waals surface area contributed by atoms with E-state index in [2.05, 4.69) is 19.6 Å². The molecule has 8 heteroatoms. The van der Waals surface area contributed by atoms with Crippen LogP contribution in [-0.2, 0) is 11.2 Å². The molecule has 3 aromatic rings. The Kier molecular flexibility index (Phi) is 6.48. The fourth-order valence-corrected chi connectivity index (χ4v) is 3.85. The van der Waals surface area contributed by atoms with Crippen molar-refractivity contribution >= 4 is 0 Å². The van der Waals surface area contributed by atoms with E-state index in [0.29, 0.717) is 30.9 Å². The highest BCUT2D eigenvalue weighted by Crippen LogP contribution is 2.36. The summed E-state index contributed by atoms with van der Waals surface area (Å²) < 4.78 is 48.6. The first-order chi connectivity index (χ1) is 15.0. The summed E-state index contributed by atoms with van der Waals surface area (Å²) in [7, 11) is 0. The van der Waals surface area contributed by atoms with Crippen molar-refractivity contribution in [2.75, 3.05) is 26.3 Å². The number of aromatic nitrogens is 2. The van der Waals surface area contributed by atoms with Crippen molar-refractivity contribution in [1.29, 1.82) is 0 Å². The number of benzene rings is 1. The van der Waals surface area contributed by atoms with Crippen LogP contribution in [0, 0.1) is 0 Å². The Morgan fingerprint density at radius 1 is 1.00 bits per heavy atom. The van der Waals surface area contributed by atoms with Crippen LogP contribution in [0.2, 0.25) is 0 Å². The van der Waals surface area contributed by atoms with Gasteiger partial charge in [0.05, 0.1) is 18.9 Å². The molecule has 0 aliphatic carbocycles. The van der Waals surface area contributed by atoms with Gasteiger partial charge in [0.15, 0.2) is 0 Å². The third-order valence-electron chi connectivity index (χ3n) is 5.23. The van der Waals surface area contributed by atoms with Crippen LogP contribution in [0.15, 0.2) is 67.1 Å². The minimum atomic E-state index is -4.78. The molecule has 1 aromatic carbocycles. The van der Waals surface area contributed by atoms with Crippen LogP contribution in [0.25, 0.3) is 11.3 Å². The first-order valence-electron chi connectivity index (χ1n) is 10.0. The molecule has 2 aromatic heterocycles. The molecule has 162 valence electrons. The summed E-state index contributed by atoms with van der Waals surface area (Å²) in [6.07, 6.45) is 0.917. The van der Waals surface area contributed by atoms with Gasteiger partial charge >= 0.3 is 6.36 Å². The number of pyridine rings is 2. The van der Waals surface area contributed by atoms with E-state index >= 15 is 0 Å². The number of hydrogen-bond acceptors (Lipinski definition) is 5. The molecule has 0 spiro atoms. The molecule has 3 heterocycles. The first-order valence-corrected chi connectivity index (χ1v) is 10.0. The lowest BCUT2D eigenvalue weighted by molar-refractivity contribution is -0.274. The number of halogens is 3. The second-order valence-electron chi connectivity index (χ2n) is 7.21. The van der Waals surface area contributed by atoms with Crippen molar-refractivity contribution < 1.29 is 22.6 Å². The third-order valence-corrected chi connectivity index (χ3v) is 5.23. The minimum Gasteiger partial charge on any atom is -0.405 e. The Hall–Kier alpha value is -2.97. The van der Waals surface area contributed by atoms with Crippen molar-refractivity contribution in [3.63, 3.8) is 0 Å². The third kappa shape index (κ3) is 5.39. The Balaban J connectivity index is 1.71. The summed E-state index contributed by atoms with van der Waals surface area (Å²) in [4.78, 5) is 11.0. The molecule has 0 radical (unpaired) electrons.